The summed E-state index contributed by atoms with van der Waals surface area (Å²) in [6, 6.07) is 6.16. The summed E-state index contributed by atoms with van der Waals surface area (Å²) in [6.07, 6.45) is 1.38. The first-order valence-corrected chi connectivity index (χ1v) is 4.80. The molecule has 2 N–H and O–H groups in total. The minimum atomic E-state index is -1.14. The predicted molar refractivity (Wildman–Crippen MR) is 59.4 cm³/mol. The number of aromatic amines is 1. The number of H-pyrrole nitrogens is 1. The first kappa shape index (κ1) is 11.1. The van der Waals surface area contributed by atoms with Crippen LogP contribution in [0.25, 0.3) is 11.1 Å². The summed E-state index contributed by atoms with van der Waals surface area (Å²) in [7, 11) is 0. The minimum absolute atomic E-state index is 0.0262. The molecule has 0 radical (unpaired) electrons. The van der Waals surface area contributed by atoms with Gasteiger partial charge in [-0.25, -0.2) is 9.18 Å². The molecule has 0 saturated carbocycles. The SMILES string of the molecule is O=C(O)c1ccc(F)c(-c2cc[nH]c(=O)c2)c1. The highest BCUT2D eigenvalue weighted by Crippen LogP contribution is 2.22. The molecular weight excluding hydrogens is 225 g/mol. The molecule has 86 valence electrons. The number of hydrogen-bond acceptors (Lipinski definition) is 2. The highest BCUT2D eigenvalue weighted by Gasteiger charge is 2.10. The normalized spacial score (nSPS) is 10.2. The summed E-state index contributed by atoms with van der Waals surface area (Å²) in [4.78, 5) is 24.3. The van der Waals surface area contributed by atoms with Crippen LogP contribution in [-0.4, -0.2) is 16.1 Å². The molecule has 0 aliphatic carbocycles. The molecule has 0 unspecified atom stereocenters. The Morgan fingerprint density at radius 2 is 2.00 bits per heavy atom. The summed E-state index contributed by atoms with van der Waals surface area (Å²) < 4.78 is 13.5. The molecule has 0 aliphatic rings. The van der Waals surface area contributed by atoms with E-state index in [1.54, 1.807) is 0 Å². The monoisotopic (exact) mass is 233 g/mol. The standard InChI is InChI=1S/C12H8FNO3/c13-10-2-1-8(12(16)17)5-9(10)7-3-4-14-11(15)6-7/h1-6H,(H,14,15)(H,16,17). The van der Waals surface area contributed by atoms with Crippen molar-refractivity contribution < 1.29 is 14.3 Å². The van der Waals surface area contributed by atoms with E-state index in [0.717, 1.165) is 6.07 Å². The van der Waals surface area contributed by atoms with Crippen molar-refractivity contribution >= 4 is 5.97 Å². The zero-order chi connectivity index (χ0) is 12.4. The molecule has 1 aromatic carbocycles. The molecule has 5 heteroatoms. The number of carboxylic acid groups (broad SMARTS) is 1. The molecule has 0 saturated heterocycles. The average molecular weight is 233 g/mol. The van der Waals surface area contributed by atoms with Crippen LogP contribution in [-0.2, 0) is 0 Å². The smallest absolute Gasteiger partial charge is 0.335 e. The van der Waals surface area contributed by atoms with Crippen LogP contribution in [0.4, 0.5) is 4.39 Å². The van der Waals surface area contributed by atoms with Gasteiger partial charge in [0, 0.05) is 17.8 Å². The zero-order valence-corrected chi connectivity index (χ0v) is 8.61. The molecule has 1 heterocycles. The molecule has 0 spiro atoms. The van der Waals surface area contributed by atoms with Crippen molar-refractivity contribution in [2.24, 2.45) is 0 Å². The van der Waals surface area contributed by atoms with E-state index in [4.69, 9.17) is 5.11 Å². The van der Waals surface area contributed by atoms with Crippen LogP contribution >= 0.6 is 0 Å². The highest BCUT2D eigenvalue weighted by atomic mass is 19.1. The Labute approximate surface area is 95.4 Å². The molecule has 0 fully saturated rings. The number of hydrogen-bond donors (Lipinski definition) is 2. The van der Waals surface area contributed by atoms with Crippen molar-refractivity contribution in [2.45, 2.75) is 0 Å². The van der Waals surface area contributed by atoms with E-state index in [2.05, 4.69) is 4.98 Å². The van der Waals surface area contributed by atoms with Gasteiger partial charge in [-0.05, 0) is 29.8 Å². The van der Waals surface area contributed by atoms with Crippen molar-refractivity contribution in [3.63, 3.8) is 0 Å². The number of aromatic nitrogens is 1. The van der Waals surface area contributed by atoms with Crippen LogP contribution in [0.2, 0.25) is 0 Å². The van der Waals surface area contributed by atoms with Gasteiger partial charge in [0.1, 0.15) is 5.82 Å². The molecule has 0 atom stereocenters. The van der Waals surface area contributed by atoms with Crippen molar-refractivity contribution in [1.29, 1.82) is 0 Å². The number of rotatable bonds is 2. The third-order valence-corrected chi connectivity index (χ3v) is 2.30. The van der Waals surface area contributed by atoms with Gasteiger partial charge in [0.25, 0.3) is 0 Å². The second-order valence-corrected chi connectivity index (χ2v) is 3.44. The fourth-order valence-corrected chi connectivity index (χ4v) is 1.49. The van der Waals surface area contributed by atoms with Gasteiger partial charge in [0.2, 0.25) is 5.56 Å². The highest BCUT2D eigenvalue weighted by molar-refractivity contribution is 5.89. The minimum Gasteiger partial charge on any atom is -0.478 e. The van der Waals surface area contributed by atoms with E-state index in [9.17, 15) is 14.0 Å². The fourth-order valence-electron chi connectivity index (χ4n) is 1.49. The van der Waals surface area contributed by atoms with E-state index < -0.39 is 11.8 Å². The summed E-state index contributed by atoms with van der Waals surface area (Å²) in [5, 5.41) is 8.81. The lowest BCUT2D eigenvalue weighted by Crippen LogP contribution is -2.03. The Hall–Kier alpha value is -2.43. The van der Waals surface area contributed by atoms with Crippen molar-refractivity contribution in [1.82, 2.24) is 4.98 Å². The lowest BCUT2D eigenvalue weighted by Gasteiger charge is -2.04. The van der Waals surface area contributed by atoms with Crippen LogP contribution in [0.3, 0.4) is 0 Å². The Balaban J connectivity index is 2.62. The van der Waals surface area contributed by atoms with Gasteiger partial charge in [-0.15, -0.1) is 0 Å². The Bertz CT molecular complexity index is 634. The van der Waals surface area contributed by atoms with Gasteiger partial charge in [-0.3, -0.25) is 4.79 Å². The van der Waals surface area contributed by atoms with E-state index in [0.29, 0.717) is 5.56 Å². The first-order chi connectivity index (χ1) is 8.08. The van der Waals surface area contributed by atoms with Gasteiger partial charge >= 0.3 is 5.97 Å². The lowest BCUT2D eigenvalue weighted by molar-refractivity contribution is 0.0697. The number of carbonyl (C=O) groups is 1. The van der Waals surface area contributed by atoms with Gasteiger partial charge in [-0.2, -0.15) is 0 Å². The molecule has 17 heavy (non-hydrogen) atoms. The van der Waals surface area contributed by atoms with Crippen LogP contribution < -0.4 is 5.56 Å². The van der Waals surface area contributed by atoms with Crippen molar-refractivity contribution in [2.75, 3.05) is 0 Å². The third kappa shape index (κ3) is 2.23. The molecule has 0 bridgehead atoms. The largest absolute Gasteiger partial charge is 0.478 e. The van der Waals surface area contributed by atoms with Crippen LogP contribution in [0, 0.1) is 5.82 Å². The summed E-state index contributed by atoms with van der Waals surface area (Å²) in [5.41, 5.74) is 0.0367. The number of benzene rings is 1. The summed E-state index contributed by atoms with van der Waals surface area (Å²) >= 11 is 0. The zero-order valence-electron chi connectivity index (χ0n) is 8.61. The number of nitrogens with one attached hydrogen (secondary N) is 1. The van der Waals surface area contributed by atoms with Crippen LogP contribution in [0.5, 0.6) is 0 Å². The van der Waals surface area contributed by atoms with E-state index in [-0.39, 0.29) is 16.7 Å². The second-order valence-electron chi connectivity index (χ2n) is 3.44. The quantitative estimate of drug-likeness (QED) is 0.831. The average Bonchev–Trinajstić information content (AvgIpc) is 2.29. The predicted octanol–water partition coefficient (Wildman–Crippen LogP) is 1.88. The lowest BCUT2D eigenvalue weighted by atomic mass is 10.0. The Kier molecular flexibility index (Phi) is 2.74. The number of pyridine rings is 1. The molecule has 0 amide bonds. The summed E-state index contributed by atoms with van der Waals surface area (Å²) in [5.74, 6) is -1.71. The Morgan fingerprint density at radius 1 is 1.24 bits per heavy atom. The molecule has 1 aromatic heterocycles. The van der Waals surface area contributed by atoms with Gasteiger partial charge < -0.3 is 10.1 Å². The summed E-state index contributed by atoms with van der Waals surface area (Å²) in [6.45, 7) is 0. The van der Waals surface area contributed by atoms with Gasteiger partial charge in [-0.1, -0.05) is 0 Å². The van der Waals surface area contributed by atoms with Crippen molar-refractivity contribution in [3.8, 4) is 11.1 Å². The first-order valence-electron chi connectivity index (χ1n) is 4.80. The maximum absolute atomic E-state index is 13.5. The maximum atomic E-state index is 13.5. The molecular formula is C12H8FNO3. The van der Waals surface area contributed by atoms with E-state index in [1.807, 2.05) is 0 Å². The number of aromatic carboxylic acids is 1. The second kappa shape index (κ2) is 4.21. The van der Waals surface area contributed by atoms with Gasteiger partial charge in [0.05, 0.1) is 5.56 Å². The van der Waals surface area contributed by atoms with Crippen LogP contribution in [0.1, 0.15) is 10.4 Å². The molecule has 4 nitrogen and oxygen atoms in total. The molecule has 2 aromatic rings. The fraction of sp³-hybridized carbons (Fsp3) is 0. The van der Waals surface area contributed by atoms with Crippen molar-refractivity contribution in [3.05, 3.63) is 58.3 Å². The van der Waals surface area contributed by atoms with Gasteiger partial charge in [0.15, 0.2) is 0 Å². The molecule has 0 aliphatic heterocycles. The van der Waals surface area contributed by atoms with E-state index in [1.165, 1.54) is 30.5 Å². The molecule has 2 rings (SSSR count). The number of halogens is 1. The third-order valence-electron chi connectivity index (χ3n) is 2.30. The Morgan fingerprint density at radius 3 is 2.65 bits per heavy atom. The van der Waals surface area contributed by atoms with Crippen LogP contribution in [0.15, 0.2) is 41.3 Å². The maximum Gasteiger partial charge on any atom is 0.335 e. The van der Waals surface area contributed by atoms with E-state index >= 15 is 0 Å². The topological polar surface area (TPSA) is 70.2 Å². The number of carboxylic acids is 1.